The van der Waals surface area contributed by atoms with Crippen LogP contribution in [-0.4, -0.2) is 65.2 Å². The highest BCUT2D eigenvalue weighted by Crippen LogP contribution is 2.27. The third kappa shape index (κ3) is 5.97. The zero-order valence-electron chi connectivity index (χ0n) is 16.5. The Morgan fingerprint density at radius 2 is 2.07 bits per heavy atom. The lowest BCUT2D eigenvalue weighted by Gasteiger charge is -2.31. The van der Waals surface area contributed by atoms with Gasteiger partial charge in [0.15, 0.2) is 0 Å². The highest BCUT2D eigenvalue weighted by atomic mass is 16.5. The molecule has 1 saturated heterocycles. The molecule has 0 aliphatic carbocycles. The normalized spacial score (nSPS) is 16.5. The van der Waals surface area contributed by atoms with Gasteiger partial charge in [-0.1, -0.05) is 0 Å². The van der Waals surface area contributed by atoms with Crippen molar-refractivity contribution >= 4 is 17.4 Å². The van der Waals surface area contributed by atoms with Crippen molar-refractivity contribution in [3.05, 3.63) is 42.6 Å². The van der Waals surface area contributed by atoms with Gasteiger partial charge in [-0.2, -0.15) is 0 Å². The van der Waals surface area contributed by atoms with Crippen LogP contribution >= 0.6 is 0 Å². The van der Waals surface area contributed by atoms with Gasteiger partial charge in [-0.05, 0) is 45.0 Å². The van der Waals surface area contributed by atoms with Gasteiger partial charge in [0.2, 0.25) is 5.91 Å². The van der Waals surface area contributed by atoms with E-state index in [1.807, 2.05) is 19.2 Å². The summed E-state index contributed by atoms with van der Waals surface area (Å²) in [4.78, 5) is 27.2. The summed E-state index contributed by atoms with van der Waals surface area (Å²) in [5.41, 5.74) is 1.99. The second kappa shape index (κ2) is 10.1. The molecular formula is C20H28N6O2. The summed E-state index contributed by atoms with van der Waals surface area (Å²) in [7, 11) is 1.64. The van der Waals surface area contributed by atoms with E-state index in [2.05, 4.69) is 36.6 Å². The molecule has 1 fully saturated rings. The number of methoxy groups -OCH3 is 1. The lowest BCUT2D eigenvalue weighted by molar-refractivity contribution is -0.123. The SMILES string of the molecule is COCC(C)NC(=O)CN1CCC(c2ccc(Nc3cnccn3)cn2)CC1. The Bertz CT molecular complexity index is 732. The lowest BCUT2D eigenvalue weighted by Crippen LogP contribution is -2.44. The molecule has 2 N–H and O–H groups in total. The van der Waals surface area contributed by atoms with Crippen LogP contribution < -0.4 is 10.6 Å². The van der Waals surface area contributed by atoms with Crippen molar-refractivity contribution in [2.24, 2.45) is 0 Å². The molecule has 1 atom stereocenters. The first-order valence-corrected chi connectivity index (χ1v) is 9.63. The molecule has 3 heterocycles. The van der Waals surface area contributed by atoms with Crippen LogP contribution in [0.2, 0.25) is 0 Å². The summed E-state index contributed by atoms with van der Waals surface area (Å²) in [6, 6.07) is 4.12. The maximum Gasteiger partial charge on any atom is 0.234 e. The Balaban J connectivity index is 1.45. The zero-order chi connectivity index (χ0) is 19.8. The highest BCUT2D eigenvalue weighted by Gasteiger charge is 2.23. The predicted octanol–water partition coefficient (Wildman–Crippen LogP) is 1.95. The highest BCUT2D eigenvalue weighted by molar-refractivity contribution is 5.78. The first-order chi connectivity index (χ1) is 13.6. The molecule has 28 heavy (non-hydrogen) atoms. The molecule has 1 unspecified atom stereocenters. The van der Waals surface area contributed by atoms with Gasteiger partial charge in [0.1, 0.15) is 5.82 Å². The third-order valence-corrected chi connectivity index (χ3v) is 4.82. The molecule has 2 aromatic rings. The molecule has 1 amide bonds. The Morgan fingerprint density at radius 3 is 2.71 bits per heavy atom. The van der Waals surface area contributed by atoms with E-state index in [9.17, 15) is 4.79 Å². The molecule has 150 valence electrons. The smallest absolute Gasteiger partial charge is 0.234 e. The van der Waals surface area contributed by atoms with Crippen LogP contribution in [0.15, 0.2) is 36.9 Å². The number of rotatable bonds is 8. The molecule has 0 aromatic carbocycles. The van der Waals surface area contributed by atoms with E-state index in [1.54, 1.807) is 25.7 Å². The predicted molar refractivity (Wildman–Crippen MR) is 107 cm³/mol. The maximum absolute atomic E-state index is 12.1. The Morgan fingerprint density at radius 1 is 1.25 bits per heavy atom. The number of piperidine rings is 1. The quantitative estimate of drug-likeness (QED) is 0.718. The number of anilines is 2. The second-order valence-corrected chi connectivity index (χ2v) is 7.16. The number of nitrogens with one attached hydrogen (secondary N) is 2. The summed E-state index contributed by atoms with van der Waals surface area (Å²) in [5.74, 6) is 1.18. The number of carbonyl (C=O) groups excluding carboxylic acids is 1. The lowest BCUT2D eigenvalue weighted by atomic mass is 9.93. The first kappa shape index (κ1) is 20.2. The summed E-state index contributed by atoms with van der Waals surface area (Å²) in [6.07, 6.45) is 8.81. The fraction of sp³-hybridized carbons (Fsp3) is 0.500. The van der Waals surface area contributed by atoms with Crippen molar-refractivity contribution in [1.29, 1.82) is 0 Å². The van der Waals surface area contributed by atoms with Crippen molar-refractivity contribution in [3.8, 4) is 0 Å². The molecule has 1 aliphatic heterocycles. The Hall–Kier alpha value is -2.58. The molecule has 0 spiro atoms. The summed E-state index contributed by atoms with van der Waals surface area (Å²) >= 11 is 0. The van der Waals surface area contributed by atoms with Gasteiger partial charge in [-0.25, -0.2) is 4.98 Å². The van der Waals surface area contributed by atoms with Gasteiger partial charge in [0.05, 0.1) is 31.2 Å². The van der Waals surface area contributed by atoms with Gasteiger partial charge in [-0.15, -0.1) is 0 Å². The fourth-order valence-electron chi connectivity index (χ4n) is 3.43. The van der Waals surface area contributed by atoms with Crippen molar-refractivity contribution in [1.82, 2.24) is 25.2 Å². The van der Waals surface area contributed by atoms with Gasteiger partial charge in [0, 0.05) is 37.2 Å². The van der Waals surface area contributed by atoms with Crippen LogP contribution in [0.25, 0.3) is 0 Å². The number of carbonyl (C=O) groups is 1. The average molecular weight is 384 g/mol. The molecule has 0 bridgehead atoms. The van der Waals surface area contributed by atoms with Gasteiger partial charge < -0.3 is 15.4 Å². The molecule has 0 radical (unpaired) electrons. The van der Waals surface area contributed by atoms with Gasteiger partial charge in [-0.3, -0.25) is 19.7 Å². The Kier molecular flexibility index (Phi) is 7.27. The van der Waals surface area contributed by atoms with Crippen molar-refractivity contribution in [2.45, 2.75) is 31.7 Å². The van der Waals surface area contributed by atoms with Crippen LogP contribution in [0.4, 0.5) is 11.5 Å². The number of amides is 1. The van der Waals surface area contributed by atoms with Crippen molar-refractivity contribution in [2.75, 3.05) is 38.7 Å². The second-order valence-electron chi connectivity index (χ2n) is 7.16. The van der Waals surface area contributed by atoms with E-state index in [-0.39, 0.29) is 11.9 Å². The summed E-state index contributed by atoms with van der Waals surface area (Å²) < 4.78 is 5.05. The van der Waals surface area contributed by atoms with E-state index in [0.29, 0.717) is 24.9 Å². The summed E-state index contributed by atoms with van der Waals surface area (Å²) in [5, 5.41) is 6.15. The number of hydrogen-bond donors (Lipinski definition) is 2. The summed E-state index contributed by atoms with van der Waals surface area (Å²) in [6.45, 7) is 4.72. The van der Waals surface area contributed by atoms with E-state index in [1.165, 1.54) is 0 Å². The number of hydrogen-bond acceptors (Lipinski definition) is 7. The van der Waals surface area contributed by atoms with Crippen molar-refractivity contribution < 1.29 is 9.53 Å². The number of aromatic nitrogens is 3. The maximum atomic E-state index is 12.1. The molecule has 8 heteroatoms. The van der Waals surface area contributed by atoms with E-state index in [4.69, 9.17) is 4.74 Å². The monoisotopic (exact) mass is 384 g/mol. The van der Waals surface area contributed by atoms with Crippen LogP contribution in [0.1, 0.15) is 31.4 Å². The van der Waals surface area contributed by atoms with Gasteiger partial charge in [0.25, 0.3) is 0 Å². The van der Waals surface area contributed by atoms with Crippen LogP contribution in [-0.2, 0) is 9.53 Å². The number of pyridine rings is 1. The van der Waals surface area contributed by atoms with Gasteiger partial charge >= 0.3 is 0 Å². The van der Waals surface area contributed by atoms with Crippen LogP contribution in [0.3, 0.4) is 0 Å². The Labute approximate surface area is 165 Å². The number of ether oxygens (including phenoxy) is 1. The van der Waals surface area contributed by atoms with Crippen LogP contribution in [0, 0.1) is 0 Å². The van der Waals surface area contributed by atoms with Crippen LogP contribution in [0.5, 0.6) is 0 Å². The standard InChI is InChI=1S/C20H28N6O2/c1-15(14-28-2)24-20(27)13-26-9-5-16(6-10-26)18-4-3-17(11-23-18)25-19-12-21-7-8-22-19/h3-4,7-8,11-12,15-16H,5-6,9-10,13-14H2,1-2H3,(H,22,25)(H,24,27). The molecule has 2 aromatic heterocycles. The largest absolute Gasteiger partial charge is 0.383 e. The van der Waals surface area contributed by atoms with E-state index in [0.717, 1.165) is 37.3 Å². The molecule has 3 rings (SSSR count). The average Bonchev–Trinajstić information content (AvgIpc) is 2.70. The zero-order valence-corrected chi connectivity index (χ0v) is 16.5. The topological polar surface area (TPSA) is 92.3 Å². The first-order valence-electron chi connectivity index (χ1n) is 9.63. The molecule has 1 aliphatic rings. The van der Waals surface area contributed by atoms with Crippen molar-refractivity contribution in [3.63, 3.8) is 0 Å². The fourth-order valence-corrected chi connectivity index (χ4v) is 3.43. The molecule has 8 nitrogen and oxygen atoms in total. The van der Waals surface area contributed by atoms with E-state index >= 15 is 0 Å². The minimum absolute atomic E-state index is 0.0354. The molecular weight excluding hydrogens is 356 g/mol. The number of nitrogens with zero attached hydrogens (tertiary/aromatic N) is 4. The third-order valence-electron chi connectivity index (χ3n) is 4.82. The number of likely N-dealkylation sites (tertiary alicyclic amines) is 1. The minimum Gasteiger partial charge on any atom is -0.383 e. The minimum atomic E-state index is 0.0354. The molecule has 0 saturated carbocycles. The van der Waals surface area contributed by atoms with E-state index < -0.39 is 0 Å².